The summed E-state index contributed by atoms with van der Waals surface area (Å²) in [7, 11) is 1.63. The number of methoxy groups -OCH3 is 1. The minimum absolute atomic E-state index is 0.0471. The minimum atomic E-state index is -0.784. The molecule has 3 rings (SSSR count). The molecule has 2 saturated heterocycles. The molecule has 3 N–H and O–H groups in total. The molecule has 3 aliphatic rings. The number of nitrogens with one attached hydrogen (secondary N) is 1. The van der Waals surface area contributed by atoms with E-state index in [-0.39, 0.29) is 29.6 Å². The highest BCUT2D eigenvalue weighted by Crippen LogP contribution is 2.59. The number of hydrogen-bond donors (Lipinski definition) is 2. The third-order valence-electron chi connectivity index (χ3n) is 6.74. The molecule has 8 nitrogen and oxygen atoms in total. The maximum Gasteiger partial charge on any atom is 0.408 e. The zero-order chi connectivity index (χ0) is 22.3. The Hall–Kier alpha value is -1.64. The van der Waals surface area contributed by atoms with E-state index in [9.17, 15) is 9.59 Å². The van der Waals surface area contributed by atoms with Gasteiger partial charge in [0, 0.05) is 7.11 Å². The number of primary amides is 1. The summed E-state index contributed by atoms with van der Waals surface area (Å²) in [5.41, 5.74) is 5.98. The Bertz CT molecular complexity index is 700. The number of carbonyl (C=O) groups excluding carboxylic acids is 2. The molecule has 0 aromatic rings. The first-order chi connectivity index (χ1) is 14.0. The monoisotopic (exact) mass is 424 g/mol. The highest BCUT2D eigenvalue weighted by Gasteiger charge is 2.72. The lowest BCUT2D eigenvalue weighted by atomic mass is 9.68. The lowest BCUT2D eigenvalue weighted by molar-refractivity contribution is -0.123. The van der Waals surface area contributed by atoms with Gasteiger partial charge in [-0.15, -0.1) is 0 Å². The van der Waals surface area contributed by atoms with Gasteiger partial charge in [-0.1, -0.05) is 25.5 Å². The molecule has 170 valence electrons. The van der Waals surface area contributed by atoms with Gasteiger partial charge in [-0.2, -0.15) is 0 Å². The van der Waals surface area contributed by atoms with Crippen LogP contribution >= 0.6 is 0 Å². The summed E-state index contributed by atoms with van der Waals surface area (Å²) in [4.78, 5) is 24.1. The van der Waals surface area contributed by atoms with Crippen molar-refractivity contribution in [3.05, 3.63) is 11.6 Å². The van der Waals surface area contributed by atoms with Crippen molar-refractivity contribution in [3.63, 3.8) is 0 Å². The average molecular weight is 425 g/mol. The number of alkyl carbamates (subject to hydrolysis) is 1. The van der Waals surface area contributed by atoms with Crippen molar-refractivity contribution >= 4 is 12.0 Å². The minimum Gasteiger partial charge on any atom is -0.443 e. The number of rotatable bonds is 8. The predicted molar refractivity (Wildman–Crippen MR) is 111 cm³/mol. The topological polar surface area (TPSA) is 116 Å². The molecule has 1 saturated carbocycles. The van der Waals surface area contributed by atoms with E-state index in [4.69, 9.17) is 24.7 Å². The summed E-state index contributed by atoms with van der Waals surface area (Å²) >= 11 is 0. The first-order valence-corrected chi connectivity index (χ1v) is 10.8. The van der Waals surface area contributed by atoms with Crippen LogP contribution in [0.3, 0.4) is 0 Å². The van der Waals surface area contributed by atoms with Gasteiger partial charge in [0.25, 0.3) is 0 Å². The van der Waals surface area contributed by atoms with Crippen molar-refractivity contribution in [2.45, 2.75) is 89.4 Å². The zero-order valence-electron chi connectivity index (χ0n) is 18.9. The molecule has 0 radical (unpaired) electrons. The van der Waals surface area contributed by atoms with Crippen LogP contribution in [0.4, 0.5) is 4.79 Å². The van der Waals surface area contributed by atoms with Crippen molar-refractivity contribution in [2.75, 3.05) is 13.7 Å². The fourth-order valence-electron chi connectivity index (χ4n) is 4.94. The Morgan fingerprint density at radius 3 is 2.50 bits per heavy atom. The molecule has 8 heteroatoms. The third kappa shape index (κ3) is 4.50. The molecule has 2 aliphatic heterocycles. The standard InChI is InChI=1S/C22H36N2O6/c1-12(2)7-8-15-21(5,30-15)18-17(27-6)14(9-10-22(18)11-28-22)29-20(26)24-16(13(3)4)19(23)25/h7,13-18H,8-11H2,1-6H3,(H2,23,25)(H,24,26)/t14-,15-,16-,17?,18-,21+,22+/m1/s1. The number of nitrogens with two attached hydrogens (primary N) is 1. The molecule has 2 heterocycles. The largest absolute Gasteiger partial charge is 0.443 e. The number of amides is 2. The Morgan fingerprint density at radius 2 is 2.00 bits per heavy atom. The molecule has 0 bridgehead atoms. The molecule has 1 spiro atoms. The highest BCUT2D eigenvalue weighted by molar-refractivity contribution is 5.84. The number of carbonyl (C=O) groups is 2. The van der Waals surface area contributed by atoms with Crippen LogP contribution in [0.15, 0.2) is 11.6 Å². The van der Waals surface area contributed by atoms with Crippen molar-refractivity contribution in [1.82, 2.24) is 5.32 Å². The van der Waals surface area contributed by atoms with E-state index in [2.05, 4.69) is 32.2 Å². The molecule has 7 atom stereocenters. The molecular weight excluding hydrogens is 388 g/mol. The van der Waals surface area contributed by atoms with E-state index in [1.165, 1.54) is 5.57 Å². The van der Waals surface area contributed by atoms with Crippen LogP contribution in [0, 0.1) is 11.8 Å². The second-order valence-electron chi connectivity index (χ2n) is 9.59. The van der Waals surface area contributed by atoms with Gasteiger partial charge >= 0.3 is 6.09 Å². The first-order valence-electron chi connectivity index (χ1n) is 10.8. The van der Waals surface area contributed by atoms with Gasteiger partial charge in [-0.3, -0.25) is 4.79 Å². The number of epoxide rings is 2. The van der Waals surface area contributed by atoms with Gasteiger partial charge in [0.1, 0.15) is 29.5 Å². The lowest BCUT2D eigenvalue weighted by Gasteiger charge is -2.42. The van der Waals surface area contributed by atoms with Crippen LogP contribution in [-0.4, -0.2) is 61.3 Å². The molecule has 3 fully saturated rings. The smallest absolute Gasteiger partial charge is 0.408 e. The maximum atomic E-state index is 12.5. The van der Waals surface area contributed by atoms with Crippen molar-refractivity contribution in [3.8, 4) is 0 Å². The Kier molecular flexibility index (Phi) is 6.51. The highest BCUT2D eigenvalue weighted by atomic mass is 16.6. The van der Waals surface area contributed by atoms with Crippen LogP contribution in [0.2, 0.25) is 0 Å². The van der Waals surface area contributed by atoms with Crippen LogP contribution in [-0.2, 0) is 23.7 Å². The predicted octanol–water partition coefficient (Wildman–Crippen LogP) is 2.30. The number of allylic oxidation sites excluding steroid dienone is 1. The van der Waals surface area contributed by atoms with Crippen LogP contribution < -0.4 is 11.1 Å². The maximum absolute atomic E-state index is 12.5. The zero-order valence-corrected chi connectivity index (χ0v) is 18.9. The Morgan fingerprint density at radius 1 is 1.33 bits per heavy atom. The van der Waals surface area contributed by atoms with E-state index in [1.807, 2.05) is 13.8 Å². The second-order valence-corrected chi connectivity index (χ2v) is 9.59. The SMILES string of the molecule is COC1[C@H](OC(=O)N[C@@H](C(N)=O)C(C)C)CC[C@]2(CO2)[C@H]1[C@@]1(C)O[C@@H]1CC=C(C)C. The van der Waals surface area contributed by atoms with Crippen molar-refractivity contribution in [1.29, 1.82) is 0 Å². The average Bonchev–Trinajstić information content (AvgIpc) is 3.56. The number of hydrogen-bond acceptors (Lipinski definition) is 6. The summed E-state index contributed by atoms with van der Waals surface area (Å²) in [6.45, 7) is 10.5. The van der Waals surface area contributed by atoms with E-state index in [0.29, 0.717) is 13.0 Å². The summed E-state index contributed by atoms with van der Waals surface area (Å²) in [6.07, 6.45) is 3.02. The summed E-state index contributed by atoms with van der Waals surface area (Å²) in [5, 5.41) is 2.59. The van der Waals surface area contributed by atoms with Gasteiger partial charge in [0.2, 0.25) is 5.91 Å². The quantitative estimate of drug-likeness (QED) is 0.456. The molecule has 1 unspecified atom stereocenters. The van der Waals surface area contributed by atoms with Gasteiger partial charge in [-0.25, -0.2) is 4.79 Å². The molecule has 0 aromatic heterocycles. The van der Waals surface area contributed by atoms with E-state index in [1.54, 1.807) is 7.11 Å². The molecular formula is C22H36N2O6. The van der Waals surface area contributed by atoms with Crippen molar-refractivity contribution < 1.29 is 28.5 Å². The summed E-state index contributed by atoms with van der Waals surface area (Å²) < 4.78 is 23.7. The third-order valence-corrected chi connectivity index (χ3v) is 6.74. The Labute approximate surface area is 178 Å². The summed E-state index contributed by atoms with van der Waals surface area (Å²) in [5.74, 6) is -0.766. The lowest BCUT2D eigenvalue weighted by Crippen LogP contribution is -2.57. The molecule has 2 amide bonds. The van der Waals surface area contributed by atoms with Gasteiger partial charge in [0.15, 0.2) is 0 Å². The van der Waals surface area contributed by atoms with E-state index in [0.717, 1.165) is 12.8 Å². The van der Waals surface area contributed by atoms with Gasteiger partial charge in [-0.05, 0) is 46.0 Å². The van der Waals surface area contributed by atoms with E-state index >= 15 is 0 Å². The van der Waals surface area contributed by atoms with E-state index < -0.39 is 29.7 Å². The fourth-order valence-corrected chi connectivity index (χ4v) is 4.94. The molecule has 30 heavy (non-hydrogen) atoms. The fraction of sp³-hybridized carbons (Fsp3) is 0.818. The van der Waals surface area contributed by atoms with Crippen LogP contribution in [0.5, 0.6) is 0 Å². The molecule has 0 aromatic carbocycles. The van der Waals surface area contributed by atoms with Gasteiger partial charge in [0.05, 0.1) is 18.6 Å². The molecule has 1 aliphatic carbocycles. The van der Waals surface area contributed by atoms with Crippen LogP contribution in [0.1, 0.15) is 53.9 Å². The Balaban J connectivity index is 1.71. The van der Waals surface area contributed by atoms with Crippen molar-refractivity contribution in [2.24, 2.45) is 17.6 Å². The first kappa shape index (κ1) is 23.0. The number of ether oxygens (including phenoxy) is 4. The summed E-state index contributed by atoms with van der Waals surface area (Å²) in [6, 6.07) is -0.784. The normalized spacial score (nSPS) is 38.1. The second kappa shape index (κ2) is 8.48. The van der Waals surface area contributed by atoms with Gasteiger partial charge < -0.3 is 30.0 Å². The van der Waals surface area contributed by atoms with Crippen LogP contribution in [0.25, 0.3) is 0 Å².